The Labute approximate surface area is 105 Å². The maximum Gasteiger partial charge on any atom is 0.123 e. The molecule has 2 rings (SSSR count). The zero-order valence-corrected chi connectivity index (χ0v) is 10.7. The highest BCUT2D eigenvalue weighted by Crippen LogP contribution is 2.19. The van der Waals surface area contributed by atoms with E-state index in [1.54, 1.807) is 23.5 Å². The van der Waals surface area contributed by atoms with Crippen molar-refractivity contribution in [1.29, 1.82) is 0 Å². The van der Waals surface area contributed by atoms with Crippen molar-refractivity contribution in [1.82, 2.24) is 10.3 Å². The van der Waals surface area contributed by atoms with E-state index in [1.807, 2.05) is 7.05 Å². The number of hydrogen-bond acceptors (Lipinski definition) is 3. The number of hydrogen-bond donors (Lipinski definition) is 1. The molecular formula is C13H15FN2S. The fourth-order valence-electron chi connectivity index (χ4n) is 1.53. The maximum atomic E-state index is 12.8. The Morgan fingerprint density at radius 3 is 2.71 bits per heavy atom. The van der Waals surface area contributed by atoms with Crippen LogP contribution in [0.2, 0.25) is 0 Å². The largest absolute Gasteiger partial charge is 0.312 e. The Balaban J connectivity index is 2.08. The number of thiazole rings is 1. The second-order valence-corrected chi connectivity index (χ2v) is 4.92. The quantitative estimate of drug-likeness (QED) is 0.901. The second-order valence-electron chi connectivity index (χ2n) is 3.98. The molecule has 0 amide bonds. The third-order valence-corrected chi connectivity index (χ3v) is 3.58. The van der Waals surface area contributed by atoms with Crippen LogP contribution in [0.5, 0.6) is 0 Å². The number of nitrogens with one attached hydrogen (secondary N) is 1. The van der Waals surface area contributed by atoms with Crippen molar-refractivity contribution in [2.24, 2.45) is 0 Å². The van der Waals surface area contributed by atoms with Gasteiger partial charge in [-0.25, -0.2) is 9.37 Å². The third-order valence-electron chi connectivity index (χ3n) is 2.71. The molecule has 0 spiro atoms. The van der Waals surface area contributed by atoms with Gasteiger partial charge in [0.05, 0.1) is 10.7 Å². The molecule has 0 saturated carbocycles. The minimum atomic E-state index is -0.197. The van der Waals surface area contributed by atoms with Gasteiger partial charge in [-0.3, -0.25) is 0 Å². The van der Waals surface area contributed by atoms with Crippen LogP contribution in [0, 0.1) is 5.82 Å². The molecule has 0 fully saturated rings. The van der Waals surface area contributed by atoms with Crippen LogP contribution in [-0.2, 0) is 6.42 Å². The van der Waals surface area contributed by atoms with Crippen molar-refractivity contribution in [2.75, 3.05) is 7.05 Å². The fourth-order valence-corrected chi connectivity index (χ4v) is 2.45. The minimum absolute atomic E-state index is 0.197. The number of aromatic nitrogens is 1. The second kappa shape index (κ2) is 5.38. The predicted molar refractivity (Wildman–Crippen MR) is 68.8 cm³/mol. The molecule has 2 nitrogen and oxygen atoms in total. The number of halogens is 1. The van der Waals surface area contributed by atoms with E-state index in [9.17, 15) is 4.39 Å². The fraction of sp³-hybridized carbons (Fsp3) is 0.308. The molecule has 0 radical (unpaired) electrons. The van der Waals surface area contributed by atoms with E-state index in [4.69, 9.17) is 0 Å². The highest BCUT2D eigenvalue weighted by Gasteiger charge is 2.08. The lowest BCUT2D eigenvalue weighted by Gasteiger charge is -2.05. The third kappa shape index (κ3) is 3.11. The van der Waals surface area contributed by atoms with Gasteiger partial charge < -0.3 is 5.32 Å². The van der Waals surface area contributed by atoms with Gasteiger partial charge >= 0.3 is 0 Å². The Kier molecular flexibility index (Phi) is 3.86. The van der Waals surface area contributed by atoms with Crippen molar-refractivity contribution in [3.05, 3.63) is 51.7 Å². The molecule has 2 aromatic rings. The monoisotopic (exact) mass is 250 g/mol. The van der Waals surface area contributed by atoms with E-state index in [0.29, 0.717) is 0 Å². The summed E-state index contributed by atoms with van der Waals surface area (Å²) in [7, 11) is 1.92. The van der Waals surface area contributed by atoms with Gasteiger partial charge in [-0.1, -0.05) is 12.1 Å². The molecule has 1 atom stereocenters. The molecule has 1 N–H and O–H groups in total. The standard InChI is InChI=1S/C13H15FN2S/c1-9(15-2)12-8-17-13(16-12)7-10-3-5-11(14)6-4-10/h3-6,8-9,15H,7H2,1-2H3. The first-order chi connectivity index (χ1) is 8.19. The molecule has 1 aromatic heterocycles. The normalized spacial score (nSPS) is 12.6. The van der Waals surface area contributed by atoms with Gasteiger partial charge in [0.15, 0.2) is 0 Å². The SMILES string of the molecule is CNC(C)c1csc(Cc2ccc(F)cc2)n1. The topological polar surface area (TPSA) is 24.9 Å². The van der Waals surface area contributed by atoms with Gasteiger partial charge in [-0.05, 0) is 31.7 Å². The molecule has 0 aliphatic heterocycles. The van der Waals surface area contributed by atoms with Gasteiger partial charge in [-0.15, -0.1) is 11.3 Å². The van der Waals surface area contributed by atoms with Crippen LogP contribution in [0.3, 0.4) is 0 Å². The summed E-state index contributed by atoms with van der Waals surface area (Å²) in [6.07, 6.45) is 0.765. The zero-order chi connectivity index (χ0) is 12.3. The summed E-state index contributed by atoms with van der Waals surface area (Å²) in [4.78, 5) is 4.56. The Bertz CT molecular complexity index is 478. The maximum absolute atomic E-state index is 12.8. The molecular weight excluding hydrogens is 235 g/mol. The Morgan fingerprint density at radius 2 is 2.06 bits per heavy atom. The molecule has 1 aromatic carbocycles. The first-order valence-electron chi connectivity index (χ1n) is 5.55. The lowest BCUT2D eigenvalue weighted by molar-refractivity contribution is 0.627. The zero-order valence-electron chi connectivity index (χ0n) is 9.90. The molecule has 0 bridgehead atoms. The van der Waals surface area contributed by atoms with Crippen LogP contribution < -0.4 is 5.32 Å². The van der Waals surface area contributed by atoms with Crippen LogP contribution >= 0.6 is 11.3 Å². The summed E-state index contributed by atoms with van der Waals surface area (Å²) in [5, 5.41) is 6.29. The van der Waals surface area contributed by atoms with E-state index in [1.165, 1.54) is 12.1 Å². The van der Waals surface area contributed by atoms with E-state index in [-0.39, 0.29) is 11.9 Å². The first kappa shape index (κ1) is 12.2. The van der Waals surface area contributed by atoms with E-state index < -0.39 is 0 Å². The van der Waals surface area contributed by atoms with Crippen LogP contribution in [0.15, 0.2) is 29.6 Å². The van der Waals surface area contributed by atoms with Crippen molar-refractivity contribution >= 4 is 11.3 Å². The minimum Gasteiger partial charge on any atom is -0.312 e. The lowest BCUT2D eigenvalue weighted by atomic mass is 10.1. The van der Waals surface area contributed by atoms with Gasteiger partial charge in [-0.2, -0.15) is 0 Å². The number of rotatable bonds is 4. The summed E-state index contributed by atoms with van der Waals surface area (Å²) in [6.45, 7) is 2.08. The van der Waals surface area contributed by atoms with Crippen LogP contribution in [0.4, 0.5) is 4.39 Å². The molecule has 0 aliphatic rings. The molecule has 17 heavy (non-hydrogen) atoms. The van der Waals surface area contributed by atoms with Crippen LogP contribution in [0.25, 0.3) is 0 Å². The van der Waals surface area contributed by atoms with E-state index in [0.717, 1.165) is 22.7 Å². The van der Waals surface area contributed by atoms with Crippen LogP contribution in [-0.4, -0.2) is 12.0 Å². The van der Waals surface area contributed by atoms with Crippen molar-refractivity contribution in [2.45, 2.75) is 19.4 Å². The molecule has 90 valence electrons. The first-order valence-corrected chi connectivity index (χ1v) is 6.43. The lowest BCUT2D eigenvalue weighted by Crippen LogP contribution is -2.12. The summed E-state index contributed by atoms with van der Waals surface area (Å²) >= 11 is 1.65. The van der Waals surface area contributed by atoms with Crippen LogP contribution in [0.1, 0.15) is 29.2 Å². The molecule has 4 heteroatoms. The molecule has 1 unspecified atom stereocenters. The van der Waals surface area contributed by atoms with E-state index >= 15 is 0 Å². The number of benzene rings is 1. The average molecular weight is 250 g/mol. The molecule has 0 saturated heterocycles. The smallest absolute Gasteiger partial charge is 0.123 e. The molecule has 1 heterocycles. The highest BCUT2D eigenvalue weighted by atomic mass is 32.1. The van der Waals surface area contributed by atoms with Gasteiger partial charge in [0, 0.05) is 17.8 Å². The predicted octanol–water partition coefficient (Wildman–Crippen LogP) is 3.15. The summed E-state index contributed by atoms with van der Waals surface area (Å²) in [5.41, 5.74) is 2.15. The molecule has 0 aliphatic carbocycles. The Morgan fingerprint density at radius 1 is 1.35 bits per heavy atom. The van der Waals surface area contributed by atoms with Gasteiger partial charge in [0.1, 0.15) is 5.82 Å². The average Bonchev–Trinajstić information content (AvgIpc) is 2.80. The van der Waals surface area contributed by atoms with E-state index in [2.05, 4.69) is 22.6 Å². The van der Waals surface area contributed by atoms with Crippen molar-refractivity contribution in [3.63, 3.8) is 0 Å². The Hall–Kier alpha value is -1.26. The summed E-state index contributed by atoms with van der Waals surface area (Å²) in [5.74, 6) is -0.197. The van der Waals surface area contributed by atoms with Crippen molar-refractivity contribution < 1.29 is 4.39 Å². The van der Waals surface area contributed by atoms with Crippen molar-refractivity contribution in [3.8, 4) is 0 Å². The number of nitrogens with zero attached hydrogens (tertiary/aromatic N) is 1. The van der Waals surface area contributed by atoms with Gasteiger partial charge in [0.25, 0.3) is 0 Å². The summed E-state index contributed by atoms with van der Waals surface area (Å²) < 4.78 is 12.8. The summed E-state index contributed by atoms with van der Waals surface area (Å²) in [6, 6.07) is 6.85. The highest BCUT2D eigenvalue weighted by molar-refractivity contribution is 7.09. The van der Waals surface area contributed by atoms with Gasteiger partial charge in [0.2, 0.25) is 0 Å².